The molecule has 2 amide bonds. The second-order valence-corrected chi connectivity index (χ2v) is 32.8. The molecule has 0 bridgehead atoms. The van der Waals surface area contributed by atoms with Gasteiger partial charge in [-0.3, -0.25) is 24.0 Å². The first kappa shape index (κ1) is 75.0. The van der Waals surface area contributed by atoms with E-state index >= 15 is 0 Å². The highest BCUT2D eigenvalue weighted by Gasteiger charge is 2.29. The summed E-state index contributed by atoms with van der Waals surface area (Å²) in [6, 6.07) is 0. The van der Waals surface area contributed by atoms with Crippen LogP contribution in [0.4, 0.5) is 11.4 Å². The Bertz CT molecular complexity index is 1860. The fourth-order valence-corrected chi connectivity index (χ4v) is 6.21. The summed E-state index contributed by atoms with van der Waals surface area (Å²) >= 11 is 0. The molecule has 0 unspecified atom stereocenters. The molecule has 2 aromatic rings. The van der Waals surface area contributed by atoms with Gasteiger partial charge in [-0.05, 0) is 132 Å². The molecule has 12 heteroatoms. The molecule has 0 saturated carbocycles. The van der Waals surface area contributed by atoms with Gasteiger partial charge in [0.15, 0.2) is 0 Å². The second-order valence-electron chi connectivity index (χ2n) is 32.8. The number of hydrogen-bond donors (Lipinski definition) is 4. The number of amides is 2. The first-order valence-electron chi connectivity index (χ1n) is 26.3. The smallest absolute Gasteiger partial charge is 0.253 e. The molecule has 1 aromatic heterocycles. The molecule has 0 radical (unpaired) electrons. The van der Waals surface area contributed by atoms with Gasteiger partial charge in [0.2, 0.25) is 11.8 Å². The maximum Gasteiger partial charge on any atom is 0.253 e. The van der Waals surface area contributed by atoms with Crippen LogP contribution >= 0.6 is 0 Å². The standard InChI is InChI=1S/C12H20N2O2.C11H22O.C10H19N3.2C9H19NO.C9H20/c1-11(2,3)13-7-8(10(16)9(7)15)14-12(4,5)6;1-10(2,3)7-9(12)8-11(4,5)6;1-9(2,3)8-7-13(12-11-8)10(4,5)6;2*1-8(2,3)7(11)10-9(4,5)6;1-8(2,3)7-9(4,5)6/h13-14H,1-6H3;7-8H2,1-6H3;7H,1-6H3;2*1-6H3,(H,10,11);7H2,1-6H3. The zero-order valence-corrected chi connectivity index (χ0v) is 54.1. The summed E-state index contributed by atoms with van der Waals surface area (Å²) < 4.78 is 1.91. The van der Waals surface area contributed by atoms with Gasteiger partial charge >= 0.3 is 0 Å². The molecule has 0 aliphatic rings. The van der Waals surface area contributed by atoms with Gasteiger partial charge in [0, 0.05) is 57.4 Å². The summed E-state index contributed by atoms with van der Waals surface area (Å²) in [4.78, 5) is 57.1. The van der Waals surface area contributed by atoms with E-state index in [2.05, 4.69) is 156 Å². The number of hydrogen-bond acceptors (Lipinski definition) is 9. The van der Waals surface area contributed by atoms with Crippen molar-refractivity contribution in [2.75, 3.05) is 10.6 Å². The molecule has 1 heterocycles. The van der Waals surface area contributed by atoms with Crippen LogP contribution in [0, 0.1) is 32.5 Å². The topological polar surface area (TPSA) is 164 Å². The van der Waals surface area contributed by atoms with Gasteiger partial charge in [0.05, 0.1) is 11.2 Å². The van der Waals surface area contributed by atoms with Gasteiger partial charge in [-0.2, -0.15) is 0 Å². The van der Waals surface area contributed by atoms with Crippen LogP contribution in [-0.2, 0) is 25.3 Å². The van der Waals surface area contributed by atoms with Crippen molar-refractivity contribution in [3.8, 4) is 0 Å². The quantitative estimate of drug-likeness (QED) is 0.218. The molecule has 0 spiro atoms. The Hall–Kier alpha value is -3.57. The lowest BCUT2D eigenvalue weighted by Gasteiger charge is -2.28. The number of rotatable bonds is 4. The number of nitrogens with one attached hydrogen (secondary N) is 4. The Morgan fingerprint density at radius 1 is 0.431 bits per heavy atom. The molecule has 0 saturated heterocycles. The number of carbonyl (C=O) groups excluding carboxylic acids is 3. The molecule has 4 N–H and O–H groups in total. The summed E-state index contributed by atoms with van der Waals surface area (Å²) in [7, 11) is 0. The van der Waals surface area contributed by atoms with Gasteiger partial charge in [0.25, 0.3) is 10.9 Å². The molecule has 0 aliphatic heterocycles. The molecule has 0 aliphatic carbocycles. The number of anilines is 2. The predicted molar refractivity (Wildman–Crippen MR) is 313 cm³/mol. The van der Waals surface area contributed by atoms with Crippen molar-refractivity contribution >= 4 is 29.0 Å². The Morgan fingerprint density at radius 2 is 0.708 bits per heavy atom. The fourth-order valence-electron chi connectivity index (χ4n) is 6.21. The zero-order chi connectivity index (χ0) is 59.3. The van der Waals surface area contributed by atoms with E-state index in [9.17, 15) is 24.0 Å². The molecule has 0 fully saturated rings. The molecular weight excluding hydrogens is 899 g/mol. The first-order valence-corrected chi connectivity index (χ1v) is 26.3. The van der Waals surface area contributed by atoms with Gasteiger partial charge < -0.3 is 21.3 Å². The highest BCUT2D eigenvalue weighted by atomic mass is 16.2. The van der Waals surface area contributed by atoms with E-state index in [-0.39, 0.29) is 66.6 Å². The molecule has 72 heavy (non-hydrogen) atoms. The monoisotopic (exact) mass is 1020 g/mol. The first-order chi connectivity index (χ1) is 30.8. The second kappa shape index (κ2) is 26.8. The number of ketones is 1. The van der Waals surface area contributed by atoms with Crippen molar-refractivity contribution in [1.29, 1.82) is 0 Å². The van der Waals surface area contributed by atoms with Crippen molar-refractivity contribution in [2.45, 2.75) is 302 Å². The van der Waals surface area contributed by atoms with Gasteiger partial charge in [-0.15, -0.1) is 5.10 Å². The summed E-state index contributed by atoms with van der Waals surface area (Å²) in [5.74, 6) is 0.588. The Kier molecular flexibility index (Phi) is 27.9. The van der Waals surface area contributed by atoms with E-state index in [0.717, 1.165) is 5.69 Å². The van der Waals surface area contributed by atoms with E-state index in [1.54, 1.807) is 0 Å². The Morgan fingerprint density at radius 3 is 0.833 bits per heavy atom. The SMILES string of the molecule is CC(C)(C)CC(=O)CC(C)(C)C.CC(C)(C)CC(C)(C)C.CC(C)(C)NC(=O)C(C)(C)C.CC(C)(C)NC(=O)C(C)(C)C.CC(C)(C)Nc1c(NC(C)(C)C)c(=O)c1=O.CC(C)(C)c1cn(C(C)(C)C)nn1. The zero-order valence-electron chi connectivity index (χ0n) is 54.1. The molecular formula is C60H119N7O5. The van der Waals surface area contributed by atoms with Crippen LogP contribution in [0.3, 0.4) is 0 Å². The molecule has 12 nitrogen and oxygen atoms in total. The van der Waals surface area contributed by atoms with E-state index in [0.29, 0.717) is 40.8 Å². The van der Waals surface area contributed by atoms with Crippen LogP contribution < -0.4 is 32.1 Å². The van der Waals surface area contributed by atoms with E-state index in [1.807, 2.05) is 136 Å². The van der Waals surface area contributed by atoms with Crippen LogP contribution in [-0.4, -0.2) is 54.7 Å². The summed E-state index contributed by atoms with van der Waals surface area (Å²) in [5, 5.41) is 20.2. The van der Waals surface area contributed by atoms with Gasteiger partial charge in [-0.1, -0.05) is 151 Å². The van der Waals surface area contributed by atoms with E-state index < -0.39 is 10.9 Å². The Balaban J connectivity index is -0.000000389. The summed E-state index contributed by atoms with van der Waals surface area (Å²) in [6.45, 7) is 74.2. The normalized spacial score (nSPS) is 13.2. The van der Waals surface area contributed by atoms with Crippen LogP contribution in [0.2, 0.25) is 0 Å². The van der Waals surface area contributed by atoms with Crippen molar-refractivity contribution in [3.63, 3.8) is 0 Å². The maximum absolute atomic E-state index is 11.5. The lowest BCUT2D eigenvalue weighted by molar-refractivity contribution is -0.130. The highest BCUT2D eigenvalue weighted by molar-refractivity contribution is 5.82. The highest BCUT2D eigenvalue weighted by Crippen LogP contribution is 2.32. The minimum absolute atomic E-state index is 0.0243. The van der Waals surface area contributed by atoms with Crippen molar-refractivity contribution in [1.82, 2.24) is 25.6 Å². The van der Waals surface area contributed by atoms with E-state index in [4.69, 9.17) is 0 Å². The summed E-state index contributed by atoms with van der Waals surface area (Å²) in [5.41, 5.74) is 1.11. The predicted octanol–water partition coefficient (Wildman–Crippen LogP) is 14.8. The van der Waals surface area contributed by atoms with Gasteiger partial charge in [0.1, 0.15) is 17.2 Å². The lowest BCUT2D eigenvalue weighted by Crippen LogP contribution is -2.46. The number of carbonyl (C=O) groups is 3. The van der Waals surface area contributed by atoms with Crippen LogP contribution in [0.25, 0.3) is 0 Å². The van der Waals surface area contributed by atoms with Gasteiger partial charge in [-0.25, -0.2) is 4.68 Å². The Labute approximate surface area is 444 Å². The molecule has 2 rings (SSSR count). The summed E-state index contributed by atoms with van der Waals surface area (Å²) in [6.07, 6.45) is 4.72. The molecule has 1 aromatic carbocycles. The van der Waals surface area contributed by atoms with Crippen molar-refractivity contribution in [3.05, 3.63) is 32.3 Å². The maximum atomic E-state index is 11.5. The fraction of sp³-hybridized carbons (Fsp3) is 0.850. The lowest BCUT2D eigenvalue weighted by atomic mass is 9.78. The number of nitrogens with zero attached hydrogens (tertiary/aromatic N) is 3. The van der Waals surface area contributed by atoms with Crippen LogP contribution in [0.5, 0.6) is 0 Å². The van der Waals surface area contributed by atoms with Crippen molar-refractivity contribution < 1.29 is 14.4 Å². The van der Waals surface area contributed by atoms with Crippen LogP contribution in [0.1, 0.15) is 274 Å². The minimum atomic E-state index is -0.429. The van der Waals surface area contributed by atoms with E-state index in [1.165, 1.54) is 6.42 Å². The third-order valence-electron chi connectivity index (χ3n) is 8.71. The number of aromatic nitrogens is 3. The molecule has 424 valence electrons. The average molecular weight is 1020 g/mol. The average Bonchev–Trinajstić information content (AvgIpc) is 3.54. The third-order valence-corrected chi connectivity index (χ3v) is 8.71. The molecule has 0 atom stereocenters. The van der Waals surface area contributed by atoms with Crippen molar-refractivity contribution in [2.24, 2.45) is 32.5 Å². The van der Waals surface area contributed by atoms with Crippen LogP contribution in [0.15, 0.2) is 15.8 Å². The largest absolute Gasteiger partial charge is 0.375 e. The third kappa shape index (κ3) is 42.9. The minimum Gasteiger partial charge on any atom is -0.375 e. The number of Topliss-reactive ketones (excluding diaryl/α,β-unsaturated/α-hetero) is 1.